The summed E-state index contributed by atoms with van der Waals surface area (Å²) in [6, 6.07) is 15.5. The highest BCUT2D eigenvalue weighted by Crippen LogP contribution is 2.40. The summed E-state index contributed by atoms with van der Waals surface area (Å²) in [5.74, 6) is 2.33. The van der Waals surface area contributed by atoms with Gasteiger partial charge in [-0.3, -0.25) is 14.9 Å². The lowest BCUT2D eigenvalue weighted by Crippen LogP contribution is -2.54. The summed E-state index contributed by atoms with van der Waals surface area (Å²) in [7, 11) is 0. The van der Waals surface area contributed by atoms with Crippen molar-refractivity contribution < 1.29 is 19.1 Å². The Morgan fingerprint density at radius 2 is 1.91 bits per heavy atom. The zero-order valence-corrected chi connectivity index (χ0v) is 20.2. The van der Waals surface area contributed by atoms with E-state index in [1.165, 1.54) is 0 Å². The molecule has 0 saturated carbocycles. The fourth-order valence-electron chi connectivity index (χ4n) is 4.98. The molecule has 0 radical (unpaired) electrons. The van der Waals surface area contributed by atoms with Crippen LogP contribution >= 0.6 is 11.8 Å². The van der Waals surface area contributed by atoms with Gasteiger partial charge in [-0.05, 0) is 42.5 Å². The highest BCUT2D eigenvalue weighted by molar-refractivity contribution is 8.01. The van der Waals surface area contributed by atoms with E-state index in [2.05, 4.69) is 17.6 Å². The molecule has 7 nitrogen and oxygen atoms in total. The number of hydrogen-bond donors (Lipinski definition) is 2. The molecule has 5 rings (SSSR count). The Kier molecular flexibility index (Phi) is 6.70. The van der Waals surface area contributed by atoms with Crippen molar-refractivity contribution in [2.75, 3.05) is 25.6 Å². The number of carbonyl (C=O) groups excluding carboxylic acids is 2. The van der Waals surface area contributed by atoms with Crippen LogP contribution in [0.3, 0.4) is 0 Å². The fraction of sp³-hybridized carbons (Fsp3) is 0.462. The number of nitrogens with zero attached hydrogens (tertiary/aromatic N) is 1. The lowest BCUT2D eigenvalue weighted by atomic mass is 9.93. The van der Waals surface area contributed by atoms with Crippen molar-refractivity contribution in [3.8, 4) is 11.5 Å². The van der Waals surface area contributed by atoms with E-state index < -0.39 is 0 Å². The van der Waals surface area contributed by atoms with E-state index in [0.29, 0.717) is 19.6 Å². The predicted molar refractivity (Wildman–Crippen MR) is 132 cm³/mol. The Morgan fingerprint density at radius 3 is 2.68 bits per heavy atom. The smallest absolute Gasteiger partial charge is 0.238 e. The molecule has 2 saturated heterocycles. The maximum absolute atomic E-state index is 13.2. The number of carbonyl (C=O) groups is 2. The molecular formula is C26H31N3O4S. The number of amides is 2. The molecule has 2 aromatic rings. The molecule has 0 aliphatic carbocycles. The second kappa shape index (κ2) is 9.88. The summed E-state index contributed by atoms with van der Waals surface area (Å²) in [5.41, 5.74) is 2.07. The molecule has 2 N–H and O–H groups in total. The first kappa shape index (κ1) is 23.1. The number of thioether (sulfide) groups is 1. The molecule has 2 atom stereocenters. The summed E-state index contributed by atoms with van der Waals surface area (Å²) < 4.78 is 10.8. The molecule has 2 amide bonds. The molecule has 2 aromatic carbocycles. The van der Waals surface area contributed by atoms with Crippen LogP contribution in [0.1, 0.15) is 43.2 Å². The third-order valence-corrected chi connectivity index (χ3v) is 8.55. The van der Waals surface area contributed by atoms with Crippen LogP contribution in [-0.2, 0) is 16.1 Å². The lowest BCUT2D eigenvalue weighted by Gasteiger charge is -2.40. The normalized spacial score (nSPS) is 21.4. The van der Waals surface area contributed by atoms with Crippen LogP contribution in [-0.4, -0.2) is 53.3 Å². The van der Waals surface area contributed by atoms with Crippen molar-refractivity contribution in [1.29, 1.82) is 0 Å². The van der Waals surface area contributed by atoms with Gasteiger partial charge in [0.15, 0.2) is 11.5 Å². The Balaban J connectivity index is 1.12. The average molecular weight is 482 g/mol. The minimum absolute atomic E-state index is 0.00988. The highest BCUT2D eigenvalue weighted by Gasteiger charge is 2.45. The molecule has 2 unspecified atom stereocenters. The van der Waals surface area contributed by atoms with Gasteiger partial charge >= 0.3 is 0 Å². The van der Waals surface area contributed by atoms with Gasteiger partial charge < -0.3 is 19.7 Å². The second-order valence-electron chi connectivity index (χ2n) is 9.10. The highest BCUT2D eigenvalue weighted by atomic mass is 32.2. The molecule has 1 spiro atoms. The number of hydrogen-bond acceptors (Lipinski definition) is 6. The van der Waals surface area contributed by atoms with E-state index in [9.17, 15) is 9.59 Å². The summed E-state index contributed by atoms with van der Waals surface area (Å²) in [5, 5.41) is 6.63. The SMILES string of the molecule is CCC(C(=O)N1CCC2(CC1)NC(C(=O)NCc1ccc3c(c1)OCO3)CS2)c1ccccc1. The van der Waals surface area contributed by atoms with Crippen LogP contribution in [0.15, 0.2) is 48.5 Å². The predicted octanol–water partition coefficient (Wildman–Crippen LogP) is 3.25. The first-order valence-electron chi connectivity index (χ1n) is 12.0. The topological polar surface area (TPSA) is 79.9 Å². The van der Waals surface area contributed by atoms with Gasteiger partial charge in [-0.25, -0.2) is 0 Å². The largest absolute Gasteiger partial charge is 0.454 e. The maximum Gasteiger partial charge on any atom is 0.238 e. The molecule has 8 heteroatoms. The van der Waals surface area contributed by atoms with Gasteiger partial charge in [-0.15, -0.1) is 11.8 Å². The van der Waals surface area contributed by atoms with Gasteiger partial charge in [0, 0.05) is 25.4 Å². The van der Waals surface area contributed by atoms with E-state index in [0.717, 1.165) is 47.6 Å². The van der Waals surface area contributed by atoms with Crippen LogP contribution in [0.5, 0.6) is 11.5 Å². The second-order valence-corrected chi connectivity index (χ2v) is 10.5. The minimum Gasteiger partial charge on any atom is -0.454 e. The number of ether oxygens (including phenoxy) is 2. The van der Waals surface area contributed by atoms with E-state index in [4.69, 9.17) is 9.47 Å². The minimum atomic E-state index is -0.228. The zero-order valence-electron chi connectivity index (χ0n) is 19.4. The number of fused-ring (bicyclic) bond motifs is 1. The number of likely N-dealkylation sites (tertiary alicyclic amines) is 1. The number of rotatable bonds is 6. The quantitative estimate of drug-likeness (QED) is 0.660. The van der Waals surface area contributed by atoms with Crippen LogP contribution in [0.4, 0.5) is 0 Å². The van der Waals surface area contributed by atoms with Gasteiger partial charge in [0.2, 0.25) is 18.6 Å². The van der Waals surface area contributed by atoms with Gasteiger partial charge in [0.1, 0.15) is 0 Å². The van der Waals surface area contributed by atoms with Crippen molar-refractivity contribution in [3.05, 3.63) is 59.7 Å². The van der Waals surface area contributed by atoms with E-state index in [1.807, 2.05) is 65.2 Å². The van der Waals surface area contributed by atoms with E-state index >= 15 is 0 Å². The molecule has 3 aliphatic heterocycles. The Hall–Kier alpha value is -2.71. The molecule has 3 aliphatic rings. The summed E-state index contributed by atoms with van der Waals surface area (Å²) in [6.07, 6.45) is 2.49. The van der Waals surface area contributed by atoms with Gasteiger partial charge in [-0.2, -0.15) is 0 Å². The first-order chi connectivity index (χ1) is 16.6. The van der Waals surface area contributed by atoms with Crippen LogP contribution in [0.2, 0.25) is 0 Å². The summed E-state index contributed by atoms with van der Waals surface area (Å²) in [4.78, 5) is 27.9. The summed E-state index contributed by atoms with van der Waals surface area (Å²) in [6.45, 7) is 4.19. The van der Waals surface area contributed by atoms with Gasteiger partial charge in [-0.1, -0.05) is 43.3 Å². The van der Waals surface area contributed by atoms with E-state index in [-0.39, 0.29) is 35.4 Å². The molecule has 0 bridgehead atoms. The van der Waals surface area contributed by atoms with Gasteiger partial charge in [0.05, 0.1) is 16.8 Å². The van der Waals surface area contributed by atoms with Crippen LogP contribution in [0, 0.1) is 0 Å². The van der Waals surface area contributed by atoms with Crippen molar-refractivity contribution in [3.63, 3.8) is 0 Å². The maximum atomic E-state index is 13.2. The van der Waals surface area contributed by atoms with Crippen molar-refractivity contribution in [2.45, 2.75) is 49.6 Å². The Labute approximate surface area is 204 Å². The third kappa shape index (κ3) is 4.74. The van der Waals surface area contributed by atoms with Gasteiger partial charge in [0.25, 0.3) is 0 Å². The Bertz CT molecular complexity index is 1040. The molecule has 180 valence electrons. The third-order valence-electron chi connectivity index (χ3n) is 6.97. The van der Waals surface area contributed by atoms with Crippen LogP contribution in [0.25, 0.3) is 0 Å². The fourth-order valence-corrected chi connectivity index (χ4v) is 6.40. The lowest BCUT2D eigenvalue weighted by molar-refractivity contribution is -0.134. The summed E-state index contributed by atoms with van der Waals surface area (Å²) >= 11 is 1.82. The number of nitrogens with one attached hydrogen (secondary N) is 2. The Morgan fingerprint density at radius 1 is 1.15 bits per heavy atom. The molecule has 0 aromatic heterocycles. The van der Waals surface area contributed by atoms with Crippen molar-refractivity contribution in [2.24, 2.45) is 0 Å². The number of benzene rings is 2. The molecular weight excluding hydrogens is 450 g/mol. The monoisotopic (exact) mass is 481 g/mol. The van der Waals surface area contributed by atoms with E-state index in [1.54, 1.807) is 0 Å². The van der Waals surface area contributed by atoms with Crippen molar-refractivity contribution >= 4 is 23.6 Å². The molecule has 2 fully saturated rings. The molecule has 34 heavy (non-hydrogen) atoms. The average Bonchev–Trinajstić information content (AvgIpc) is 3.51. The number of piperidine rings is 1. The standard InChI is InChI=1S/C26H31N3O4S/c1-2-20(19-6-4-3-5-7-19)25(31)29-12-10-26(11-13-29)28-21(16-34-26)24(30)27-15-18-8-9-22-23(14-18)33-17-32-22/h3-9,14,20-21,28H,2,10-13,15-17H2,1H3,(H,27,30). The first-order valence-corrected chi connectivity index (χ1v) is 13.0. The zero-order chi connectivity index (χ0) is 23.5. The molecule has 3 heterocycles. The van der Waals surface area contributed by atoms with Crippen LogP contribution < -0.4 is 20.1 Å². The van der Waals surface area contributed by atoms with Crippen molar-refractivity contribution in [1.82, 2.24) is 15.5 Å².